The second-order valence-electron chi connectivity index (χ2n) is 5.42. The van der Waals surface area contributed by atoms with Gasteiger partial charge in [0.2, 0.25) is 11.8 Å². The zero-order valence-electron chi connectivity index (χ0n) is 11.1. The number of primary amides is 1. The van der Waals surface area contributed by atoms with E-state index >= 15 is 0 Å². The van der Waals surface area contributed by atoms with Gasteiger partial charge in [0.25, 0.3) is 0 Å². The minimum Gasteiger partial charge on any atom is -0.368 e. The highest BCUT2D eigenvalue weighted by Crippen LogP contribution is 2.27. The quantitative estimate of drug-likeness (QED) is 0.781. The van der Waals surface area contributed by atoms with E-state index in [0.29, 0.717) is 5.91 Å². The molecule has 5 heteroatoms. The summed E-state index contributed by atoms with van der Waals surface area (Å²) in [4.78, 5) is 27.4. The Hall–Kier alpha value is -1.10. The van der Waals surface area contributed by atoms with E-state index in [1.807, 2.05) is 11.8 Å². The second-order valence-corrected chi connectivity index (χ2v) is 5.42. The lowest BCUT2D eigenvalue weighted by Crippen LogP contribution is -2.55. The maximum absolute atomic E-state index is 12.2. The molecule has 2 N–H and O–H groups in total. The molecule has 1 aliphatic carbocycles. The molecule has 0 radical (unpaired) electrons. The van der Waals surface area contributed by atoms with Crippen LogP contribution < -0.4 is 5.73 Å². The summed E-state index contributed by atoms with van der Waals surface area (Å²) in [5.74, 6) is 0.287. The van der Waals surface area contributed by atoms with Crippen LogP contribution in [-0.2, 0) is 9.59 Å². The minimum atomic E-state index is -0.287. The van der Waals surface area contributed by atoms with Crippen LogP contribution >= 0.6 is 0 Å². The molecule has 0 bridgehead atoms. The van der Waals surface area contributed by atoms with Crippen LogP contribution in [0.1, 0.15) is 32.6 Å². The third-order valence-electron chi connectivity index (χ3n) is 4.29. The van der Waals surface area contributed by atoms with Gasteiger partial charge in [-0.3, -0.25) is 14.5 Å². The molecule has 1 aliphatic heterocycles. The molecule has 18 heavy (non-hydrogen) atoms. The highest BCUT2D eigenvalue weighted by molar-refractivity contribution is 5.80. The third kappa shape index (κ3) is 2.83. The van der Waals surface area contributed by atoms with Gasteiger partial charge >= 0.3 is 0 Å². The predicted octanol–water partition coefficient (Wildman–Crippen LogP) is 0.195. The van der Waals surface area contributed by atoms with E-state index in [-0.39, 0.29) is 17.9 Å². The van der Waals surface area contributed by atoms with Crippen molar-refractivity contribution in [1.29, 1.82) is 0 Å². The standard InChI is InChI=1S/C13H23N3O2/c1-10(12(14)17)15-6-8-16(9-7-15)13(18)11-4-2-3-5-11/h10-11H,2-9H2,1H3,(H2,14,17)/t10-/m1/s1. The van der Waals surface area contributed by atoms with Gasteiger partial charge < -0.3 is 10.6 Å². The van der Waals surface area contributed by atoms with Crippen molar-refractivity contribution in [3.05, 3.63) is 0 Å². The summed E-state index contributed by atoms with van der Waals surface area (Å²) in [6, 6.07) is -0.228. The molecule has 1 saturated heterocycles. The van der Waals surface area contributed by atoms with Crippen molar-refractivity contribution in [3.8, 4) is 0 Å². The molecule has 0 spiro atoms. The molecule has 102 valence electrons. The van der Waals surface area contributed by atoms with Gasteiger partial charge in [-0.2, -0.15) is 0 Å². The molecule has 0 aromatic rings. The van der Waals surface area contributed by atoms with E-state index in [4.69, 9.17) is 5.73 Å². The monoisotopic (exact) mass is 253 g/mol. The topological polar surface area (TPSA) is 66.6 Å². The summed E-state index contributed by atoms with van der Waals surface area (Å²) >= 11 is 0. The fourth-order valence-electron chi connectivity index (χ4n) is 2.94. The molecular formula is C13H23N3O2. The zero-order valence-corrected chi connectivity index (χ0v) is 11.1. The summed E-state index contributed by atoms with van der Waals surface area (Å²) in [5.41, 5.74) is 5.30. The summed E-state index contributed by atoms with van der Waals surface area (Å²) in [7, 11) is 0. The van der Waals surface area contributed by atoms with E-state index in [0.717, 1.165) is 39.0 Å². The number of hydrogen-bond acceptors (Lipinski definition) is 3. The van der Waals surface area contributed by atoms with Crippen LogP contribution in [0.5, 0.6) is 0 Å². The molecule has 1 saturated carbocycles. The smallest absolute Gasteiger partial charge is 0.234 e. The largest absolute Gasteiger partial charge is 0.368 e. The Labute approximate surface area is 108 Å². The van der Waals surface area contributed by atoms with Crippen molar-refractivity contribution in [3.63, 3.8) is 0 Å². The van der Waals surface area contributed by atoms with Crippen molar-refractivity contribution in [2.45, 2.75) is 38.6 Å². The maximum Gasteiger partial charge on any atom is 0.234 e. The lowest BCUT2D eigenvalue weighted by atomic mass is 10.1. The molecule has 0 aromatic carbocycles. The van der Waals surface area contributed by atoms with Crippen LogP contribution in [0.15, 0.2) is 0 Å². The van der Waals surface area contributed by atoms with Crippen molar-refractivity contribution < 1.29 is 9.59 Å². The summed E-state index contributed by atoms with van der Waals surface area (Å²) < 4.78 is 0. The van der Waals surface area contributed by atoms with Crippen LogP contribution in [0.4, 0.5) is 0 Å². The van der Waals surface area contributed by atoms with Gasteiger partial charge in [-0.25, -0.2) is 0 Å². The van der Waals surface area contributed by atoms with Gasteiger partial charge in [-0.05, 0) is 19.8 Å². The molecular weight excluding hydrogens is 230 g/mol. The van der Waals surface area contributed by atoms with E-state index in [1.165, 1.54) is 12.8 Å². The first-order valence-corrected chi connectivity index (χ1v) is 6.91. The van der Waals surface area contributed by atoms with Gasteiger partial charge in [0.15, 0.2) is 0 Å². The van der Waals surface area contributed by atoms with Crippen LogP contribution in [0.3, 0.4) is 0 Å². The van der Waals surface area contributed by atoms with Gasteiger partial charge in [0, 0.05) is 32.1 Å². The Morgan fingerprint density at radius 2 is 1.67 bits per heavy atom. The Morgan fingerprint density at radius 1 is 1.11 bits per heavy atom. The number of rotatable bonds is 3. The highest BCUT2D eigenvalue weighted by atomic mass is 16.2. The summed E-state index contributed by atoms with van der Waals surface area (Å²) in [5, 5.41) is 0. The van der Waals surface area contributed by atoms with Gasteiger partial charge in [-0.15, -0.1) is 0 Å². The number of amides is 2. The van der Waals surface area contributed by atoms with E-state index in [1.54, 1.807) is 0 Å². The molecule has 2 aliphatic rings. The fourth-order valence-corrected chi connectivity index (χ4v) is 2.94. The number of carbonyl (C=O) groups is 2. The Morgan fingerprint density at radius 3 is 2.17 bits per heavy atom. The van der Waals surface area contributed by atoms with Gasteiger partial charge in [-0.1, -0.05) is 12.8 Å². The molecule has 1 atom stereocenters. The number of carbonyl (C=O) groups excluding carboxylic acids is 2. The molecule has 2 amide bonds. The second kappa shape index (κ2) is 5.69. The van der Waals surface area contributed by atoms with Crippen molar-refractivity contribution in [2.75, 3.05) is 26.2 Å². The first kappa shape index (κ1) is 13.3. The summed E-state index contributed by atoms with van der Waals surface area (Å²) in [6.07, 6.45) is 4.48. The van der Waals surface area contributed by atoms with Crippen LogP contribution in [0.25, 0.3) is 0 Å². The van der Waals surface area contributed by atoms with Crippen molar-refractivity contribution >= 4 is 11.8 Å². The van der Waals surface area contributed by atoms with Gasteiger partial charge in [0.05, 0.1) is 6.04 Å². The Balaban J connectivity index is 1.82. The highest BCUT2D eigenvalue weighted by Gasteiger charge is 2.31. The number of piperazine rings is 1. The Bertz CT molecular complexity index is 318. The number of nitrogens with two attached hydrogens (primary N) is 1. The minimum absolute atomic E-state index is 0.228. The number of hydrogen-bond donors (Lipinski definition) is 1. The average Bonchev–Trinajstić information content (AvgIpc) is 2.91. The Kier molecular flexibility index (Phi) is 4.22. The average molecular weight is 253 g/mol. The molecule has 5 nitrogen and oxygen atoms in total. The third-order valence-corrected chi connectivity index (χ3v) is 4.29. The number of nitrogens with zero attached hydrogens (tertiary/aromatic N) is 2. The SMILES string of the molecule is C[C@H](C(N)=O)N1CCN(C(=O)C2CCCC2)CC1. The first-order valence-electron chi connectivity index (χ1n) is 6.91. The van der Waals surface area contributed by atoms with Gasteiger partial charge in [0.1, 0.15) is 0 Å². The van der Waals surface area contributed by atoms with E-state index in [2.05, 4.69) is 4.90 Å². The molecule has 2 fully saturated rings. The lowest BCUT2D eigenvalue weighted by molar-refractivity contribution is -0.137. The summed E-state index contributed by atoms with van der Waals surface area (Å²) in [6.45, 7) is 4.79. The lowest BCUT2D eigenvalue weighted by Gasteiger charge is -2.37. The van der Waals surface area contributed by atoms with Crippen molar-refractivity contribution in [1.82, 2.24) is 9.80 Å². The van der Waals surface area contributed by atoms with E-state index in [9.17, 15) is 9.59 Å². The normalized spacial score (nSPS) is 24.2. The molecule has 0 aromatic heterocycles. The predicted molar refractivity (Wildman–Crippen MR) is 68.8 cm³/mol. The zero-order chi connectivity index (χ0) is 13.1. The van der Waals surface area contributed by atoms with Crippen LogP contribution in [-0.4, -0.2) is 53.8 Å². The molecule has 2 rings (SSSR count). The molecule has 1 heterocycles. The van der Waals surface area contributed by atoms with Crippen molar-refractivity contribution in [2.24, 2.45) is 11.7 Å². The fraction of sp³-hybridized carbons (Fsp3) is 0.846. The van der Waals surface area contributed by atoms with Crippen LogP contribution in [0, 0.1) is 5.92 Å². The maximum atomic E-state index is 12.2. The molecule has 0 unspecified atom stereocenters. The van der Waals surface area contributed by atoms with Crippen LogP contribution in [0.2, 0.25) is 0 Å². The van der Waals surface area contributed by atoms with E-state index < -0.39 is 0 Å². The first-order chi connectivity index (χ1) is 8.59.